The van der Waals surface area contributed by atoms with Gasteiger partial charge < -0.3 is 10.4 Å². The van der Waals surface area contributed by atoms with Crippen LogP contribution < -0.4 is 5.32 Å². The predicted octanol–water partition coefficient (Wildman–Crippen LogP) is 1.87. The van der Waals surface area contributed by atoms with E-state index in [2.05, 4.69) is 22.1 Å². The Morgan fingerprint density at radius 2 is 2.37 bits per heavy atom. The van der Waals surface area contributed by atoms with Crippen LogP contribution >= 0.6 is 22.7 Å². The van der Waals surface area contributed by atoms with E-state index >= 15 is 0 Å². The molecule has 98 valence electrons. The SMILES string of the molecule is O=C(NCc1cscn1)c1ccc(C#CCCO)s1. The van der Waals surface area contributed by atoms with Gasteiger partial charge in [-0.3, -0.25) is 4.79 Å². The third kappa shape index (κ3) is 4.17. The molecule has 4 nitrogen and oxygen atoms in total. The van der Waals surface area contributed by atoms with E-state index in [9.17, 15) is 4.79 Å². The molecule has 0 aromatic carbocycles. The second-order valence-corrected chi connectivity index (χ2v) is 5.40. The molecule has 0 bridgehead atoms. The van der Waals surface area contributed by atoms with E-state index < -0.39 is 0 Å². The van der Waals surface area contributed by atoms with Gasteiger partial charge in [-0.1, -0.05) is 11.8 Å². The normalized spacial score (nSPS) is 9.74. The molecule has 0 atom stereocenters. The molecular formula is C13H12N2O2S2. The van der Waals surface area contributed by atoms with Crippen molar-refractivity contribution in [3.05, 3.63) is 38.5 Å². The zero-order valence-corrected chi connectivity index (χ0v) is 11.7. The topological polar surface area (TPSA) is 62.2 Å². The van der Waals surface area contributed by atoms with Crippen molar-refractivity contribution in [2.45, 2.75) is 13.0 Å². The van der Waals surface area contributed by atoms with Gasteiger partial charge in [0.1, 0.15) is 0 Å². The fraction of sp³-hybridized carbons (Fsp3) is 0.231. The predicted molar refractivity (Wildman–Crippen MR) is 76.2 cm³/mol. The number of thiazole rings is 1. The number of nitrogens with zero attached hydrogens (tertiary/aromatic N) is 1. The molecule has 0 aliphatic heterocycles. The maximum absolute atomic E-state index is 11.9. The van der Waals surface area contributed by atoms with Crippen molar-refractivity contribution < 1.29 is 9.90 Å². The summed E-state index contributed by atoms with van der Waals surface area (Å²) >= 11 is 2.85. The number of rotatable bonds is 4. The molecule has 0 saturated heterocycles. The molecule has 2 aromatic rings. The molecule has 2 heterocycles. The maximum Gasteiger partial charge on any atom is 0.261 e. The van der Waals surface area contributed by atoms with Crippen LogP contribution in [0.15, 0.2) is 23.0 Å². The lowest BCUT2D eigenvalue weighted by Crippen LogP contribution is -2.21. The van der Waals surface area contributed by atoms with E-state index in [1.807, 2.05) is 11.4 Å². The second-order valence-electron chi connectivity index (χ2n) is 3.60. The minimum Gasteiger partial charge on any atom is -0.395 e. The standard InChI is InChI=1S/C13H12N2O2S2/c16-6-2-1-3-11-4-5-12(19-11)13(17)14-7-10-8-18-9-15-10/h4-5,8-9,16H,2,6-7H2,(H,14,17). The van der Waals surface area contributed by atoms with Crippen molar-refractivity contribution in [1.82, 2.24) is 10.3 Å². The highest BCUT2D eigenvalue weighted by Gasteiger charge is 2.08. The van der Waals surface area contributed by atoms with Gasteiger partial charge in [0.2, 0.25) is 0 Å². The summed E-state index contributed by atoms with van der Waals surface area (Å²) < 4.78 is 0. The Hall–Kier alpha value is -1.68. The van der Waals surface area contributed by atoms with E-state index in [1.54, 1.807) is 11.6 Å². The molecule has 1 amide bonds. The second kappa shape index (κ2) is 7.04. The summed E-state index contributed by atoms with van der Waals surface area (Å²) in [6.45, 7) is 0.491. The Bertz CT molecular complexity index is 594. The quantitative estimate of drug-likeness (QED) is 0.846. The van der Waals surface area contributed by atoms with Crippen molar-refractivity contribution in [1.29, 1.82) is 0 Å². The first-order chi connectivity index (χ1) is 9.29. The van der Waals surface area contributed by atoms with Crippen LogP contribution in [0.5, 0.6) is 0 Å². The molecule has 0 spiro atoms. The average Bonchev–Trinajstić information content (AvgIpc) is 3.07. The van der Waals surface area contributed by atoms with Gasteiger partial charge in [-0.2, -0.15) is 0 Å². The number of carbonyl (C=O) groups is 1. The number of aromatic nitrogens is 1. The smallest absolute Gasteiger partial charge is 0.261 e. The number of aliphatic hydroxyl groups is 1. The molecular weight excluding hydrogens is 280 g/mol. The first-order valence-electron chi connectivity index (χ1n) is 5.64. The largest absolute Gasteiger partial charge is 0.395 e. The monoisotopic (exact) mass is 292 g/mol. The van der Waals surface area contributed by atoms with E-state index in [0.29, 0.717) is 17.8 Å². The van der Waals surface area contributed by atoms with E-state index in [1.165, 1.54) is 22.7 Å². The van der Waals surface area contributed by atoms with Crippen LogP contribution in [0.25, 0.3) is 0 Å². The highest BCUT2D eigenvalue weighted by Crippen LogP contribution is 2.15. The van der Waals surface area contributed by atoms with Gasteiger partial charge in [0.15, 0.2) is 0 Å². The van der Waals surface area contributed by atoms with Gasteiger partial charge >= 0.3 is 0 Å². The fourth-order valence-electron chi connectivity index (χ4n) is 1.32. The molecule has 2 N–H and O–H groups in total. The van der Waals surface area contributed by atoms with Crippen LogP contribution in [0.1, 0.15) is 26.7 Å². The lowest BCUT2D eigenvalue weighted by molar-refractivity contribution is 0.0954. The Kier molecular flexibility index (Phi) is 5.10. The maximum atomic E-state index is 11.9. The highest BCUT2D eigenvalue weighted by atomic mass is 32.1. The molecule has 2 aromatic heterocycles. The van der Waals surface area contributed by atoms with Crippen molar-refractivity contribution in [2.24, 2.45) is 0 Å². The number of nitrogens with one attached hydrogen (secondary N) is 1. The van der Waals surface area contributed by atoms with Gasteiger partial charge in [0.25, 0.3) is 5.91 Å². The van der Waals surface area contributed by atoms with Crippen molar-refractivity contribution in [3.8, 4) is 11.8 Å². The van der Waals surface area contributed by atoms with Gasteiger partial charge in [0, 0.05) is 11.8 Å². The first-order valence-corrected chi connectivity index (χ1v) is 7.40. The van der Waals surface area contributed by atoms with Crippen LogP contribution in [0, 0.1) is 11.8 Å². The minimum absolute atomic E-state index is 0.0549. The van der Waals surface area contributed by atoms with Gasteiger partial charge in [-0.25, -0.2) is 4.98 Å². The number of thiophene rings is 1. The van der Waals surface area contributed by atoms with E-state index in [0.717, 1.165) is 10.6 Å². The molecule has 0 unspecified atom stereocenters. The summed E-state index contributed by atoms with van der Waals surface area (Å²) in [5.74, 6) is 5.62. The van der Waals surface area contributed by atoms with Crippen molar-refractivity contribution >= 4 is 28.6 Å². The Labute approximate surface area is 119 Å². The number of hydrogen-bond donors (Lipinski definition) is 2. The molecule has 0 aliphatic rings. The van der Waals surface area contributed by atoms with Crippen LogP contribution in [0.3, 0.4) is 0 Å². The third-order valence-corrected chi connectivity index (χ3v) is 3.83. The Balaban J connectivity index is 1.91. The third-order valence-electron chi connectivity index (χ3n) is 2.19. The Morgan fingerprint density at radius 1 is 1.47 bits per heavy atom. The van der Waals surface area contributed by atoms with E-state index in [4.69, 9.17) is 5.11 Å². The van der Waals surface area contributed by atoms with Gasteiger partial charge in [-0.05, 0) is 12.1 Å². The fourth-order valence-corrected chi connectivity index (χ4v) is 2.67. The summed E-state index contributed by atoms with van der Waals surface area (Å²) in [6, 6.07) is 3.57. The molecule has 0 fully saturated rings. The summed E-state index contributed by atoms with van der Waals surface area (Å²) in [5.41, 5.74) is 2.60. The average molecular weight is 292 g/mol. The first kappa shape index (κ1) is 13.7. The van der Waals surface area contributed by atoms with E-state index in [-0.39, 0.29) is 12.5 Å². The summed E-state index contributed by atoms with van der Waals surface area (Å²) in [7, 11) is 0. The number of aliphatic hydroxyl groups excluding tert-OH is 1. The Morgan fingerprint density at radius 3 is 3.11 bits per heavy atom. The van der Waals surface area contributed by atoms with Gasteiger partial charge in [0.05, 0.1) is 34.1 Å². The number of carbonyl (C=O) groups excluding carboxylic acids is 1. The molecule has 0 aliphatic carbocycles. The van der Waals surface area contributed by atoms with Crippen LogP contribution in [-0.2, 0) is 6.54 Å². The van der Waals surface area contributed by atoms with Crippen LogP contribution in [-0.4, -0.2) is 22.6 Å². The van der Waals surface area contributed by atoms with Crippen LogP contribution in [0.2, 0.25) is 0 Å². The lowest BCUT2D eigenvalue weighted by atomic mass is 10.3. The van der Waals surface area contributed by atoms with Crippen molar-refractivity contribution in [3.63, 3.8) is 0 Å². The summed E-state index contributed by atoms with van der Waals surface area (Å²) in [6.07, 6.45) is 0.448. The molecule has 0 radical (unpaired) electrons. The molecule has 0 saturated carbocycles. The van der Waals surface area contributed by atoms with Crippen LogP contribution in [0.4, 0.5) is 0 Å². The number of amides is 1. The summed E-state index contributed by atoms with van der Waals surface area (Å²) in [5, 5.41) is 13.3. The highest BCUT2D eigenvalue weighted by molar-refractivity contribution is 7.14. The van der Waals surface area contributed by atoms with Gasteiger partial charge in [-0.15, -0.1) is 22.7 Å². The summed E-state index contributed by atoms with van der Waals surface area (Å²) in [4.78, 5) is 17.4. The molecule has 6 heteroatoms. The molecule has 19 heavy (non-hydrogen) atoms. The zero-order valence-electron chi connectivity index (χ0n) is 10.0. The van der Waals surface area contributed by atoms with Crippen molar-refractivity contribution in [2.75, 3.05) is 6.61 Å². The zero-order chi connectivity index (χ0) is 13.5. The minimum atomic E-state index is -0.117. The molecule has 2 rings (SSSR count). The number of hydrogen-bond acceptors (Lipinski definition) is 5. The lowest BCUT2D eigenvalue weighted by Gasteiger charge is -1.99.